The third kappa shape index (κ3) is 3.35. The first-order valence-corrected chi connectivity index (χ1v) is 11.2. The smallest absolute Gasteiger partial charge is 0.245 e. The number of hydrogen-bond acceptors (Lipinski definition) is 2. The molecule has 1 aromatic carbocycles. The number of nitrogens with zero attached hydrogens (tertiary/aromatic N) is 1. The van der Waals surface area contributed by atoms with Gasteiger partial charge < -0.3 is 10.2 Å². The van der Waals surface area contributed by atoms with Crippen molar-refractivity contribution in [3.05, 3.63) is 35.9 Å². The SMILES string of the molecule is O=C([C@H](Cc1ccccc1)NC(=O)C12CC3CC(CC(C3)C1)C2)N1CCCC1. The summed E-state index contributed by atoms with van der Waals surface area (Å²) in [5, 5.41) is 3.27. The van der Waals surface area contributed by atoms with Crippen LogP contribution in [0.3, 0.4) is 0 Å². The average Bonchev–Trinajstić information content (AvgIpc) is 3.21. The molecule has 1 aromatic rings. The Bertz CT molecular complexity index is 703. The third-order valence-electron chi connectivity index (χ3n) is 7.82. The highest BCUT2D eigenvalue weighted by molar-refractivity contribution is 5.90. The van der Waals surface area contributed by atoms with Crippen LogP contribution in [0.25, 0.3) is 0 Å². The van der Waals surface area contributed by atoms with Crippen molar-refractivity contribution in [2.45, 2.75) is 63.8 Å². The first-order chi connectivity index (χ1) is 13.6. The highest BCUT2D eigenvalue weighted by atomic mass is 16.2. The maximum Gasteiger partial charge on any atom is 0.245 e. The molecule has 2 amide bonds. The zero-order valence-electron chi connectivity index (χ0n) is 16.7. The van der Waals surface area contributed by atoms with Gasteiger partial charge in [-0.2, -0.15) is 0 Å². The lowest BCUT2D eigenvalue weighted by molar-refractivity contribution is -0.149. The van der Waals surface area contributed by atoms with E-state index in [9.17, 15) is 9.59 Å². The van der Waals surface area contributed by atoms with Crippen molar-refractivity contribution >= 4 is 11.8 Å². The molecule has 0 unspecified atom stereocenters. The van der Waals surface area contributed by atoms with Crippen LogP contribution in [0.4, 0.5) is 0 Å². The lowest BCUT2D eigenvalue weighted by atomic mass is 9.49. The zero-order chi connectivity index (χ0) is 19.1. The number of amides is 2. The number of hydrogen-bond donors (Lipinski definition) is 1. The quantitative estimate of drug-likeness (QED) is 0.849. The Morgan fingerprint density at radius 2 is 1.54 bits per heavy atom. The third-order valence-corrected chi connectivity index (χ3v) is 7.82. The topological polar surface area (TPSA) is 49.4 Å². The fraction of sp³-hybridized carbons (Fsp3) is 0.667. The number of likely N-dealkylation sites (tertiary alicyclic amines) is 1. The van der Waals surface area contributed by atoms with Crippen molar-refractivity contribution in [3.63, 3.8) is 0 Å². The van der Waals surface area contributed by atoms with E-state index in [1.165, 1.54) is 19.3 Å². The molecule has 4 saturated carbocycles. The molecule has 1 atom stereocenters. The Morgan fingerprint density at radius 3 is 2.11 bits per heavy atom. The minimum atomic E-state index is -0.430. The molecule has 0 aromatic heterocycles. The molecule has 150 valence electrons. The van der Waals surface area contributed by atoms with Crippen molar-refractivity contribution in [3.8, 4) is 0 Å². The summed E-state index contributed by atoms with van der Waals surface area (Å²) in [6.07, 6.45) is 9.85. The van der Waals surface area contributed by atoms with Crippen LogP contribution >= 0.6 is 0 Å². The summed E-state index contributed by atoms with van der Waals surface area (Å²) in [7, 11) is 0. The molecule has 6 rings (SSSR count). The second-order valence-electron chi connectivity index (χ2n) is 9.95. The largest absolute Gasteiger partial charge is 0.343 e. The van der Waals surface area contributed by atoms with E-state index in [1.807, 2.05) is 23.1 Å². The summed E-state index contributed by atoms with van der Waals surface area (Å²) in [4.78, 5) is 28.7. The van der Waals surface area contributed by atoms with E-state index in [1.54, 1.807) is 0 Å². The summed E-state index contributed by atoms with van der Waals surface area (Å²) in [5.41, 5.74) is 0.917. The Morgan fingerprint density at radius 1 is 0.964 bits per heavy atom. The molecule has 28 heavy (non-hydrogen) atoms. The number of nitrogens with one attached hydrogen (secondary N) is 1. The van der Waals surface area contributed by atoms with Gasteiger partial charge in [0, 0.05) is 24.9 Å². The lowest BCUT2D eigenvalue weighted by Crippen LogP contribution is -2.58. The van der Waals surface area contributed by atoms with Gasteiger partial charge in [0.15, 0.2) is 0 Å². The molecule has 5 fully saturated rings. The molecular weight excluding hydrogens is 348 g/mol. The van der Waals surface area contributed by atoms with E-state index < -0.39 is 6.04 Å². The maximum absolute atomic E-state index is 13.5. The van der Waals surface area contributed by atoms with E-state index in [-0.39, 0.29) is 17.2 Å². The summed E-state index contributed by atoms with van der Waals surface area (Å²) in [5.74, 6) is 2.48. The van der Waals surface area contributed by atoms with Gasteiger partial charge in [0.2, 0.25) is 11.8 Å². The van der Waals surface area contributed by atoms with Crippen LogP contribution in [0.1, 0.15) is 56.9 Å². The number of benzene rings is 1. The second-order valence-corrected chi connectivity index (χ2v) is 9.95. The van der Waals surface area contributed by atoms with Crippen LogP contribution in [0.2, 0.25) is 0 Å². The normalized spacial score (nSPS) is 34.4. The lowest BCUT2D eigenvalue weighted by Gasteiger charge is -2.55. The van der Waals surface area contributed by atoms with Gasteiger partial charge in [0.1, 0.15) is 6.04 Å². The summed E-state index contributed by atoms with van der Waals surface area (Å²) in [6, 6.07) is 9.69. The molecule has 1 heterocycles. The van der Waals surface area contributed by atoms with Crippen molar-refractivity contribution in [1.29, 1.82) is 0 Å². The molecule has 4 aliphatic carbocycles. The Labute approximate surface area is 168 Å². The van der Waals surface area contributed by atoms with Crippen LogP contribution in [0.15, 0.2) is 30.3 Å². The van der Waals surface area contributed by atoms with Gasteiger partial charge in [0.25, 0.3) is 0 Å². The molecule has 4 heteroatoms. The molecule has 1 N–H and O–H groups in total. The van der Waals surface area contributed by atoms with Gasteiger partial charge in [-0.25, -0.2) is 0 Å². The number of rotatable bonds is 5. The minimum absolute atomic E-state index is 0.111. The highest BCUT2D eigenvalue weighted by Crippen LogP contribution is 2.60. The van der Waals surface area contributed by atoms with E-state index >= 15 is 0 Å². The van der Waals surface area contributed by atoms with E-state index in [0.717, 1.165) is 68.5 Å². The van der Waals surface area contributed by atoms with Gasteiger partial charge in [-0.15, -0.1) is 0 Å². The molecule has 0 radical (unpaired) electrons. The molecule has 1 saturated heterocycles. The van der Waals surface area contributed by atoms with Crippen molar-refractivity contribution in [2.75, 3.05) is 13.1 Å². The van der Waals surface area contributed by atoms with Gasteiger partial charge in [-0.05, 0) is 74.7 Å². The van der Waals surface area contributed by atoms with E-state index in [2.05, 4.69) is 17.4 Å². The number of carbonyl (C=O) groups is 2. The highest BCUT2D eigenvalue weighted by Gasteiger charge is 2.55. The first kappa shape index (κ1) is 18.2. The molecule has 0 spiro atoms. The second kappa shape index (κ2) is 7.20. The standard InChI is InChI=1S/C24H32N2O2/c27-22(26-8-4-5-9-26)21(13-17-6-2-1-3-7-17)25-23(28)24-14-18-10-19(15-24)12-20(11-18)16-24/h1-3,6-7,18-21H,4-5,8-16H2,(H,25,28)/t18?,19?,20?,21-,24?/m0/s1. The molecule has 4 bridgehead atoms. The molecule has 1 aliphatic heterocycles. The van der Waals surface area contributed by atoms with Crippen LogP contribution in [-0.2, 0) is 16.0 Å². The summed E-state index contributed by atoms with van der Waals surface area (Å²) >= 11 is 0. The fourth-order valence-electron chi connectivity index (χ4n) is 6.91. The summed E-state index contributed by atoms with van der Waals surface area (Å²) < 4.78 is 0. The number of carbonyl (C=O) groups excluding carboxylic acids is 2. The van der Waals surface area contributed by atoms with Crippen LogP contribution in [0, 0.1) is 23.2 Å². The fourth-order valence-corrected chi connectivity index (χ4v) is 6.91. The molecule has 4 nitrogen and oxygen atoms in total. The molecular formula is C24H32N2O2. The predicted molar refractivity (Wildman–Crippen MR) is 108 cm³/mol. The Kier molecular flexibility index (Phi) is 4.68. The van der Waals surface area contributed by atoms with Crippen LogP contribution in [-0.4, -0.2) is 35.8 Å². The van der Waals surface area contributed by atoms with Gasteiger partial charge >= 0.3 is 0 Å². The Hall–Kier alpha value is -1.84. The van der Waals surface area contributed by atoms with Crippen LogP contribution < -0.4 is 5.32 Å². The van der Waals surface area contributed by atoms with E-state index in [0.29, 0.717) is 6.42 Å². The van der Waals surface area contributed by atoms with Crippen molar-refractivity contribution in [2.24, 2.45) is 23.2 Å². The first-order valence-electron chi connectivity index (χ1n) is 11.2. The van der Waals surface area contributed by atoms with Crippen LogP contribution in [0.5, 0.6) is 0 Å². The van der Waals surface area contributed by atoms with Gasteiger partial charge in [0.05, 0.1) is 0 Å². The maximum atomic E-state index is 13.5. The Balaban J connectivity index is 1.35. The van der Waals surface area contributed by atoms with Gasteiger partial charge in [-0.1, -0.05) is 30.3 Å². The van der Waals surface area contributed by atoms with Crippen molar-refractivity contribution in [1.82, 2.24) is 10.2 Å². The zero-order valence-corrected chi connectivity index (χ0v) is 16.7. The van der Waals surface area contributed by atoms with E-state index in [4.69, 9.17) is 0 Å². The summed E-state index contributed by atoms with van der Waals surface area (Å²) in [6.45, 7) is 1.66. The predicted octanol–water partition coefficient (Wildman–Crippen LogP) is 3.55. The minimum Gasteiger partial charge on any atom is -0.343 e. The molecule has 5 aliphatic rings. The average molecular weight is 381 g/mol. The monoisotopic (exact) mass is 380 g/mol. The van der Waals surface area contributed by atoms with Gasteiger partial charge in [-0.3, -0.25) is 9.59 Å². The van der Waals surface area contributed by atoms with Crippen molar-refractivity contribution < 1.29 is 9.59 Å².